The maximum absolute atomic E-state index is 6.04. The van der Waals surface area contributed by atoms with E-state index in [0.717, 1.165) is 27.6 Å². The molecule has 3 aromatic carbocycles. The summed E-state index contributed by atoms with van der Waals surface area (Å²) in [5, 5.41) is 0.889. The molecular weight excluding hydrogens is 462 g/mol. The molecule has 0 saturated carbocycles. The third kappa shape index (κ3) is 3.77. The van der Waals surface area contributed by atoms with Gasteiger partial charge in [-0.2, -0.15) is 0 Å². The molecule has 0 amide bonds. The molecule has 4 heterocycles. The minimum absolute atomic E-state index is 0.497. The monoisotopic (exact) mass is 479 g/mol. The number of hydrogen-bond donors (Lipinski definition) is 0. The zero-order chi connectivity index (χ0) is 24.6. The third-order valence-electron chi connectivity index (χ3n) is 6.01. The summed E-state index contributed by atoms with van der Waals surface area (Å²) in [7, 11) is 0. The molecule has 0 saturated heterocycles. The van der Waals surface area contributed by atoms with Crippen LogP contribution in [0.5, 0.6) is 0 Å². The Balaban J connectivity index is 1.33. The lowest BCUT2D eigenvalue weighted by Crippen LogP contribution is -2.01. The maximum Gasteiger partial charge on any atom is 0.172 e. The highest BCUT2D eigenvalue weighted by Gasteiger charge is 2.16. The SMILES string of the molecule is c1ccc(-c2nc(-c3ccccc3)nc(-c3cnc(-c4cccc5c4oc4cncnc45)nc3)n2)cc1. The summed E-state index contributed by atoms with van der Waals surface area (Å²) in [5.74, 6) is 2.20. The molecule has 0 aliphatic heterocycles. The van der Waals surface area contributed by atoms with Gasteiger partial charge in [-0.05, 0) is 12.1 Å². The molecule has 0 fully saturated rings. The topological polar surface area (TPSA) is 103 Å². The predicted molar refractivity (Wildman–Crippen MR) is 140 cm³/mol. The van der Waals surface area contributed by atoms with Gasteiger partial charge in [0.05, 0.1) is 17.3 Å². The van der Waals surface area contributed by atoms with Gasteiger partial charge < -0.3 is 4.42 Å². The van der Waals surface area contributed by atoms with Crippen LogP contribution < -0.4 is 0 Å². The van der Waals surface area contributed by atoms with Crippen LogP contribution >= 0.6 is 0 Å². The molecule has 37 heavy (non-hydrogen) atoms. The van der Waals surface area contributed by atoms with E-state index < -0.39 is 0 Å². The summed E-state index contributed by atoms with van der Waals surface area (Å²) in [6.07, 6.45) is 6.62. The van der Waals surface area contributed by atoms with E-state index in [1.165, 1.54) is 6.33 Å². The van der Waals surface area contributed by atoms with E-state index in [9.17, 15) is 0 Å². The Kier molecular flexibility index (Phi) is 4.92. The lowest BCUT2D eigenvalue weighted by Gasteiger charge is -2.08. The van der Waals surface area contributed by atoms with Crippen LogP contribution in [0, 0.1) is 0 Å². The standard InChI is InChI=1S/C29H17N7O/c1-3-8-18(9-4-1)26-34-27(19-10-5-2-6-11-19)36-28(35-26)20-14-31-29(32-15-20)22-13-7-12-21-24-23(37-25(21)22)16-30-17-33-24/h1-17H. The van der Waals surface area contributed by atoms with Crippen LogP contribution in [-0.2, 0) is 0 Å². The largest absolute Gasteiger partial charge is 0.452 e. The smallest absolute Gasteiger partial charge is 0.172 e. The van der Waals surface area contributed by atoms with Crippen LogP contribution in [0.2, 0.25) is 0 Å². The maximum atomic E-state index is 6.04. The molecular formula is C29H17N7O. The number of furan rings is 1. The van der Waals surface area contributed by atoms with Crippen molar-refractivity contribution in [1.82, 2.24) is 34.9 Å². The molecule has 7 rings (SSSR count). The summed E-state index contributed by atoms with van der Waals surface area (Å²) in [4.78, 5) is 31.9. The zero-order valence-corrected chi connectivity index (χ0v) is 19.4. The highest BCUT2D eigenvalue weighted by Crippen LogP contribution is 2.33. The van der Waals surface area contributed by atoms with E-state index in [1.807, 2.05) is 78.9 Å². The Morgan fingerprint density at radius 1 is 0.514 bits per heavy atom. The van der Waals surface area contributed by atoms with Crippen molar-refractivity contribution in [3.05, 3.63) is 104 Å². The molecule has 0 atom stereocenters. The normalized spacial score (nSPS) is 11.2. The van der Waals surface area contributed by atoms with Gasteiger partial charge in [-0.3, -0.25) is 0 Å². The number of aromatic nitrogens is 7. The van der Waals surface area contributed by atoms with Crippen LogP contribution in [0.4, 0.5) is 0 Å². The molecule has 7 aromatic rings. The van der Waals surface area contributed by atoms with Gasteiger partial charge >= 0.3 is 0 Å². The number of hydrogen-bond acceptors (Lipinski definition) is 8. The molecule has 0 N–H and O–H groups in total. The Labute approximate surface area is 210 Å². The molecule has 0 spiro atoms. The number of nitrogens with zero attached hydrogens (tertiary/aromatic N) is 7. The van der Waals surface area contributed by atoms with Crippen molar-refractivity contribution in [2.24, 2.45) is 0 Å². The number of benzene rings is 3. The Morgan fingerprint density at radius 3 is 1.78 bits per heavy atom. The first-order valence-corrected chi connectivity index (χ1v) is 11.6. The summed E-state index contributed by atoms with van der Waals surface area (Å²) in [5.41, 5.74) is 5.31. The van der Waals surface area contributed by atoms with Gasteiger partial charge in [0, 0.05) is 28.9 Å². The predicted octanol–water partition coefficient (Wildman–Crippen LogP) is 6.02. The molecule has 0 unspecified atom stereocenters. The van der Waals surface area contributed by atoms with Gasteiger partial charge in [-0.25, -0.2) is 34.9 Å². The second-order valence-corrected chi connectivity index (χ2v) is 8.35. The highest BCUT2D eigenvalue weighted by molar-refractivity contribution is 6.06. The lowest BCUT2D eigenvalue weighted by molar-refractivity contribution is 0.666. The molecule has 0 aliphatic carbocycles. The van der Waals surface area contributed by atoms with Gasteiger partial charge in [-0.1, -0.05) is 66.7 Å². The van der Waals surface area contributed by atoms with Crippen LogP contribution in [0.1, 0.15) is 0 Å². The second-order valence-electron chi connectivity index (χ2n) is 8.35. The van der Waals surface area contributed by atoms with E-state index in [1.54, 1.807) is 18.6 Å². The first-order valence-electron chi connectivity index (χ1n) is 11.6. The molecule has 0 bridgehead atoms. The average molecular weight is 480 g/mol. The Hall–Kier alpha value is -5.37. The fourth-order valence-corrected chi connectivity index (χ4v) is 4.23. The second kappa shape index (κ2) is 8.69. The van der Waals surface area contributed by atoms with E-state index >= 15 is 0 Å². The molecule has 0 aliphatic rings. The number of para-hydroxylation sites is 1. The van der Waals surface area contributed by atoms with Gasteiger partial charge in [-0.15, -0.1) is 0 Å². The third-order valence-corrected chi connectivity index (χ3v) is 6.01. The van der Waals surface area contributed by atoms with Crippen molar-refractivity contribution in [2.45, 2.75) is 0 Å². The van der Waals surface area contributed by atoms with E-state index in [0.29, 0.717) is 40.0 Å². The van der Waals surface area contributed by atoms with Crippen molar-refractivity contribution >= 4 is 22.1 Å². The molecule has 8 heteroatoms. The molecule has 4 aromatic heterocycles. The minimum Gasteiger partial charge on any atom is -0.452 e. The van der Waals surface area contributed by atoms with Crippen LogP contribution in [0.25, 0.3) is 67.6 Å². The molecule has 0 radical (unpaired) electrons. The number of rotatable bonds is 4. The average Bonchev–Trinajstić information content (AvgIpc) is 3.37. The fourth-order valence-electron chi connectivity index (χ4n) is 4.23. The summed E-state index contributed by atoms with van der Waals surface area (Å²) in [6, 6.07) is 25.5. The number of fused-ring (bicyclic) bond motifs is 3. The highest BCUT2D eigenvalue weighted by atomic mass is 16.3. The zero-order valence-electron chi connectivity index (χ0n) is 19.4. The molecule has 8 nitrogen and oxygen atoms in total. The van der Waals surface area contributed by atoms with E-state index in [4.69, 9.17) is 19.4 Å². The van der Waals surface area contributed by atoms with Crippen LogP contribution in [-0.4, -0.2) is 34.9 Å². The van der Waals surface area contributed by atoms with Gasteiger partial charge in [0.1, 0.15) is 17.4 Å². The van der Waals surface area contributed by atoms with Gasteiger partial charge in [0.15, 0.2) is 28.9 Å². The lowest BCUT2D eigenvalue weighted by atomic mass is 10.1. The van der Waals surface area contributed by atoms with Gasteiger partial charge in [0.2, 0.25) is 0 Å². The van der Waals surface area contributed by atoms with Crippen LogP contribution in [0.15, 0.2) is 108 Å². The first-order chi connectivity index (χ1) is 18.3. The van der Waals surface area contributed by atoms with Crippen molar-refractivity contribution in [2.75, 3.05) is 0 Å². The van der Waals surface area contributed by atoms with Crippen molar-refractivity contribution < 1.29 is 4.42 Å². The van der Waals surface area contributed by atoms with E-state index in [2.05, 4.69) is 19.9 Å². The van der Waals surface area contributed by atoms with Crippen molar-refractivity contribution in [3.63, 3.8) is 0 Å². The fraction of sp³-hybridized carbons (Fsp3) is 0. The summed E-state index contributed by atoms with van der Waals surface area (Å²) < 4.78 is 6.04. The minimum atomic E-state index is 0.497. The van der Waals surface area contributed by atoms with Gasteiger partial charge in [0.25, 0.3) is 0 Å². The van der Waals surface area contributed by atoms with Crippen molar-refractivity contribution in [3.8, 4) is 45.6 Å². The quantitative estimate of drug-likeness (QED) is 0.302. The van der Waals surface area contributed by atoms with E-state index in [-0.39, 0.29) is 0 Å². The summed E-state index contributed by atoms with van der Waals surface area (Å²) in [6.45, 7) is 0. The first kappa shape index (κ1) is 21.0. The Bertz CT molecular complexity index is 1810. The summed E-state index contributed by atoms with van der Waals surface area (Å²) >= 11 is 0. The van der Waals surface area contributed by atoms with Crippen LogP contribution in [0.3, 0.4) is 0 Å². The van der Waals surface area contributed by atoms with Crippen molar-refractivity contribution in [1.29, 1.82) is 0 Å². The molecule has 174 valence electrons. The Morgan fingerprint density at radius 2 is 1.14 bits per heavy atom.